The van der Waals surface area contributed by atoms with Gasteiger partial charge in [-0.2, -0.15) is 0 Å². The third kappa shape index (κ3) is 8.53. The van der Waals surface area contributed by atoms with Crippen molar-refractivity contribution < 1.29 is 11.4 Å². The molecule has 0 amide bonds. The van der Waals surface area contributed by atoms with Gasteiger partial charge < -0.3 is 16.7 Å². The first-order valence-corrected chi connectivity index (χ1v) is 21.9. The van der Waals surface area contributed by atoms with E-state index in [1.807, 2.05) is 50.2 Å². The van der Waals surface area contributed by atoms with Crippen molar-refractivity contribution in [1.29, 1.82) is 0 Å². The molecule has 3 aromatic carbocycles. The zero-order chi connectivity index (χ0) is 38.1. The number of halogens is 4. The average molecular weight is 831 g/mol. The number of aryl methyl sites for hydroxylation is 2. The molecule has 12 heteroatoms. The van der Waals surface area contributed by atoms with Crippen LogP contribution < -0.4 is 16.7 Å². The van der Waals surface area contributed by atoms with Crippen molar-refractivity contribution in [1.82, 2.24) is 20.3 Å². The first-order valence-electron chi connectivity index (χ1n) is 19.0. The summed E-state index contributed by atoms with van der Waals surface area (Å²) in [5.74, 6) is 3.73. The quantitative estimate of drug-likeness (QED) is 0.0627. The summed E-state index contributed by atoms with van der Waals surface area (Å²) in [6.45, 7) is 5.45. The number of pyridine rings is 3. The Balaban J connectivity index is 1.02. The van der Waals surface area contributed by atoms with Gasteiger partial charge in [-0.3, -0.25) is 4.98 Å². The van der Waals surface area contributed by atoms with Gasteiger partial charge in [0.1, 0.15) is 33.8 Å². The highest BCUT2D eigenvalue weighted by Crippen LogP contribution is 2.46. The lowest BCUT2D eigenvalue weighted by Gasteiger charge is -2.21. The molecule has 1 saturated carbocycles. The monoisotopic (exact) mass is 828 g/mol. The van der Waals surface area contributed by atoms with E-state index in [2.05, 4.69) is 29.6 Å². The SMILES string of the molecule is Cc1ccc2c(Cl)cc(Cl)c([O][Al]([O]c3ccc(CNCCCCCCC4CC5C=CC4C5)c4cccnc34)[O]c3c(Cl)cc(Cl)c4ccc(C)nc34)c2n1. The van der Waals surface area contributed by atoms with Crippen LogP contribution in [0, 0.1) is 31.6 Å². The third-order valence-electron chi connectivity index (χ3n) is 10.8. The fraction of sp³-hybridized carbons (Fsp3) is 0.326. The molecule has 2 bridgehead atoms. The van der Waals surface area contributed by atoms with E-state index < -0.39 is 15.1 Å². The Labute approximate surface area is 346 Å². The summed E-state index contributed by atoms with van der Waals surface area (Å²) in [7, 11) is 0. The van der Waals surface area contributed by atoms with E-state index in [4.69, 9.17) is 72.7 Å². The lowest BCUT2D eigenvalue weighted by Crippen LogP contribution is -2.37. The van der Waals surface area contributed by atoms with Gasteiger partial charge in [-0.15, -0.1) is 0 Å². The highest BCUT2D eigenvalue weighted by molar-refractivity contribution is 6.44. The Morgan fingerprint density at radius 3 is 2.00 bits per heavy atom. The summed E-state index contributed by atoms with van der Waals surface area (Å²) in [5.41, 5.74) is 4.33. The number of fused-ring (bicyclic) bond motifs is 5. The molecular formula is C43H41AlCl4N4O3. The van der Waals surface area contributed by atoms with E-state index in [1.54, 1.807) is 18.3 Å². The molecule has 2 aliphatic rings. The number of aromatic nitrogens is 3. The molecule has 2 aliphatic carbocycles. The van der Waals surface area contributed by atoms with Crippen LogP contribution in [-0.4, -0.2) is 36.6 Å². The normalized spacial score (nSPS) is 17.5. The summed E-state index contributed by atoms with van der Waals surface area (Å²) < 4.78 is 20.0. The van der Waals surface area contributed by atoms with Crippen LogP contribution in [0.5, 0.6) is 17.2 Å². The smallest absolute Gasteiger partial charge is 0.576 e. The molecule has 3 unspecified atom stereocenters. The molecule has 282 valence electrons. The van der Waals surface area contributed by atoms with Gasteiger partial charge in [-0.1, -0.05) is 90.0 Å². The van der Waals surface area contributed by atoms with Crippen molar-refractivity contribution in [2.45, 2.75) is 65.3 Å². The van der Waals surface area contributed by atoms with Crippen LogP contribution in [0.2, 0.25) is 20.1 Å². The molecule has 6 aromatic rings. The molecule has 55 heavy (non-hydrogen) atoms. The molecule has 0 aliphatic heterocycles. The predicted molar refractivity (Wildman–Crippen MR) is 226 cm³/mol. The van der Waals surface area contributed by atoms with Gasteiger partial charge in [0, 0.05) is 40.3 Å². The van der Waals surface area contributed by atoms with E-state index in [-0.39, 0.29) is 10.0 Å². The van der Waals surface area contributed by atoms with Crippen molar-refractivity contribution in [3.63, 3.8) is 0 Å². The van der Waals surface area contributed by atoms with Crippen LogP contribution in [0.3, 0.4) is 0 Å². The summed E-state index contributed by atoms with van der Waals surface area (Å²) in [4.78, 5) is 14.2. The fourth-order valence-electron chi connectivity index (χ4n) is 8.09. The minimum absolute atomic E-state index is 0.267. The van der Waals surface area contributed by atoms with E-state index >= 15 is 0 Å². The van der Waals surface area contributed by atoms with Crippen molar-refractivity contribution in [2.24, 2.45) is 17.8 Å². The average Bonchev–Trinajstić information content (AvgIpc) is 3.80. The molecule has 1 fully saturated rings. The molecular weight excluding hydrogens is 789 g/mol. The van der Waals surface area contributed by atoms with Crippen LogP contribution in [0.4, 0.5) is 0 Å². The van der Waals surface area contributed by atoms with Crippen LogP contribution in [0.25, 0.3) is 32.7 Å². The lowest BCUT2D eigenvalue weighted by atomic mass is 9.88. The number of hydrogen-bond donors (Lipinski definition) is 1. The molecule has 3 heterocycles. The highest BCUT2D eigenvalue weighted by Gasteiger charge is 2.47. The fourth-order valence-corrected chi connectivity index (χ4v) is 10.8. The standard InChI is InChI=1S/C23H30N2O.2C10H7Cl2NO.Al/c26-22-11-10-20(21-7-5-13-25-23(21)22)16-24-12-4-2-1-3-6-18-14-17-8-9-19(18)15-17;2*1-5-2-3-6-7(11)4-8(12)10(14)9(6)13-5;/h5,7-11,13,17-19,24,26H,1-4,6,12,14-16H2;2*2-4,14H,1H3;/q;;;+3/p-3. The number of nitrogens with zero attached hydrogens (tertiary/aromatic N) is 3. The molecule has 3 aromatic heterocycles. The number of hydrogen-bond acceptors (Lipinski definition) is 7. The zero-order valence-electron chi connectivity index (χ0n) is 30.8. The summed E-state index contributed by atoms with van der Waals surface area (Å²) in [6.07, 6.45) is 15.9. The third-order valence-corrected chi connectivity index (χ3v) is 13.3. The largest absolute Gasteiger partial charge is 1.20 e. The first kappa shape index (κ1) is 38.6. The Bertz CT molecular complexity index is 2310. The maximum atomic E-state index is 6.81. The Morgan fingerprint density at radius 1 is 0.691 bits per heavy atom. The summed E-state index contributed by atoms with van der Waals surface area (Å²) in [6, 6.07) is 18.8. The number of allylic oxidation sites excluding steroid dienone is 2. The van der Waals surface area contributed by atoms with Crippen molar-refractivity contribution in [3.05, 3.63) is 116 Å². The maximum Gasteiger partial charge on any atom is 1.20 e. The van der Waals surface area contributed by atoms with E-state index in [9.17, 15) is 0 Å². The zero-order valence-corrected chi connectivity index (χ0v) is 34.9. The molecule has 1 N–H and O–H groups in total. The van der Waals surface area contributed by atoms with Crippen molar-refractivity contribution in [3.8, 4) is 17.2 Å². The van der Waals surface area contributed by atoms with Gasteiger partial charge in [0.2, 0.25) is 0 Å². The Hall–Kier alpha value is -3.32. The van der Waals surface area contributed by atoms with E-state index in [0.29, 0.717) is 61.2 Å². The minimum atomic E-state index is -3.32. The highest BCUT2D eigenvalue weighted by atomic mass is 35.5. The van der Waals surface area contributed by atoms with Gasteiger partial charge in [0.05, 0.1) is 20.1 Å². The van der Waals surface area contributed by atoms with Gasteiger partial charge in [-0.05, 0) is 118 Å². The number of nitrogens with one attached hydrogen (secondary N) is 1. The minimum Gasteiger partial charge on any atom is -0.576 e. The first-order chi connectivity index (χ1) is 26.7. The van der Waals surface area contributed by atoms with Crippen LogP contribution in [-0.2, 0) is 6.54 Å². The van der Waals surface area contributed by atoms with Crippen molar-refractivity contribution in [2.75, 3.05) is 6.54 Å². The van der Waals surface area contributed by atoms with Crippen LogP contribution in [0.15, 0.2) is 79.0 Å². The van der Waals surface area contributed by atoms with Gasteiger partial charge in [0.15, 0.2) is 0 Å². The second-order valence-electron chi connectivity index (χ2n) is 14.7. The molecule has 0 saturated heterocycles. The van der Waals surface area contributed by atoms with Crippen LogP contribution >= 0.6 is 46.4 Å². The summed E-state index contributed by atoms with van der Waals surface area (Å²) in [5, 5.41) is 7.44. The Kier molecular flexibility index (Phi) is 11.9. The molecule has 0 radical (unpaired) electrons. The van der Waals surface area contributed by atoms with E-state index in [0.717, 1.165) is 53.1 Å². The number of rotatable bonds is 15. The summed E-state index contributed by atoms with van der Waals surface area (Å²) >= 11 is 23.5. The van der Waals surface area contributed by atoms with Crippen molar-refractivity contribution >= 4 is 94.3 Å². The second-order valence-corrected chi connectivity index (χ2v) is 17.6. The van der Waals surface area contributed by atoms with Gasteiger partial charge >= 0.3 is 15.1 Å². The second kappa shape index (κ2) is 17.0. The Morgan fingerprint density at radius 2 is 1.36 bits per heavy atom. The van der Waals surface area contributed by atoms with Crippen LogP contribution in [0.1, 0.15) is 61.9 Å². The maximum absolute atomic E-state index is 6.81. The number of unbranched alkanes of at least 4 members (excludes halogenated alkanes) is 3. The van der Waals surface area contributed by atoms with Gasteiger partial charge in [0.25, 0.3) is 0 Å². The van der Waals surface area contributed by atoms with Gasteiger partial charge in [-0.25, -0.2) is 9.97 Å². The number of benzene rings is 3. The lowest BCUT2D eigenvalue weighted by molar-refractivity contribution is 0.311. The topological polar surface area (TPSA) is 78.4 Å². The van der Waals surface area contributed by atoms with E-state index in [1.165, 1.54) is 38.5 Å². The predicted octanol–water partition coefficient (Wildman–Crippen LogP) is 12.3. The molecule has 8 rings (SSSR count). The molecule has 7 nitrogen and oxygen atoms in total. The molecule has 3 atom stereocenters. The molecule has 0 spiro atoms.